The molecule has 0 aromatic carbocycles. The zero-order valence-electron chi connectivity index (χ0n) is 10.9. The molecule has 0 rings (SSSR count). The van der Waals surface area contributed by atoms with Crippen LogP contribution in [0.1, 0.15) is 78.6 Å². The second-order valence-electron chi connectivity index (χ2n) is 4.35. The van der Waals surface area contributed by atoms with Gasteiger partial charge in [-0.25, -0.2) is 0 Å². The summed E-state index contributed by atoms with van der Waals surface area (Å²) >= 11 is 0. The van der Waals surface area contributed by atoms with Gasteiger partial charge in [0.05, 0.1) is 0 Å². The first-order valence-electron chi connectivity index (χ1n) is 6.83. The quantitative estimate of drug-likeness (QED) is 0.381. The van der Waals surface area contributed by atoms with Gasteiger partial charge in [0.1, 0.15) is 0 Å². The van der Waals surface area contributed by atoms with Crippen molar-refractivity contribution < 1.29 is 0 Å². The van der Waals surface area contributed by atoms with Crippen LogP contribution in [-0.2, 0) is 0 Å². The van der Waals surface area contributed by atoms with Crippen molar-refractivity contribution in [3.05, 3.63) is 0 Å². The van der Waals surface area contributed by atoms with E-state index in [4.69, 9.17) is 0 Å². The summed E-state index contributed by atoms with van der Waals surface area (Å²) in [6.45, 7) is 6.72. The molecule has 0 saturated heterocycles. The van der Waals surface area contributed by atoms with Crippen LogP contribution in [0.3, 0.4) is 0 Å². The third-order valence-electron chi connectivity index (χ3n) is 2.95. The molecule has 0 heteroatoms. The summed E-state index contributed by atoms with van der Waals surface area (Å²) in [4.78, 5) is 0. The van der Waals surface area contributed by atoms with Crippen LogP contribution in [0.15, 0.2) is 0 Å². The Balaban J connectivity index is 3.28. The van der Waals surface area contributed by atoms with Crippen LogP contribution in [-0.4, -0.2) is 0 Å². The Labute approximate surface area is 96.8 Å². The highest BCUT2D eigenvalue weighted by atomic mass is 14.0. The first-order chi connectivity index (χ1) is 7.35. The van der Waals surface area contributed by atoms with E-state index in [-0.39, 0.29) is 0 Å². The van der Waals surface area contributed by atoms with Gasteiger partial charge in [-0.05, 0) is 19.3 Å². The van der Waals surface area contributed by atoms with Gasteiger partial charge in [0, 0.05) is 12.3 Å². The lowest BCUT2D eigenvalue weighted by atomic mass is 10.0. The van der Waals surface area contributed by atoms with Crippen molar-refractivity contribution in [2.75, 3.05) is 0 Å². The molecule has 0 radical (unpaired) electrons. The largest absolute Gasteiger partial charge is 0.103 e. The SMILES string of the molecule is CCCCCCCCC#CC(CC)CC. The van der Waals surface area contributed by atoms with E-state index in [0.29, 0.717) is 5.92 Å². The van der Waals surface area contributed by atoms with E-state index in [1.807, 2.05) is 0 Å². The van der Waals surface area contributed by atoms with Crippen LogP contribution < -0.4 is 0 Å². The maximum atomic E-state index is 3.37. The van der Waals surface area contributed by atoms with Gasteiger partial charge in [-0.1, -0.05) is 58.8 Å². The first-order valence-corrected chi connectivity index (χ1v) is 6.83. The van der Waals surface area contributed by atoms with Crippen molar-refractivity contribution in [3.63, 3.8) is 0 Å². The fraction of sp³-hybridized carbons (Fsp3) is 0.867. The molecule has 88 valence electrons. The first kappa shape index (κ1) is 14.6. The molecule has 0 fully saturated rings. The monoisotopic (exact) mass is 208 g/mol. The van der Waals surface area contributed by atoms with Gasteiger partial charge in [0.2, 0.25) is 0 Å². The Hall–Kier alpha value is -0.440. The fourth-order valence-electron chi connectivity index (χ4n) is 1.70. The molecule has 0 aliphatic heterocycles. The maximum absolute atomic E-state index is 3.37. The van der Waals surface area contributed by atoms with Crippen molar-refractivity contribution in [3.8, 4) is 11.8 Å². The second kappa shape index (κ2) is 11.6. The van der Waals surface area contributed by atoms with Crippen molar-refractivity contribution >= 4 is 0 Å². The standard InChI is InChI=1S/C15H28/c1-4-7-8-9-10-11-12-13-14-15(5-2)6-3/h15H,4-12H2,1-3H3. The van der Waals surface area contributed by atoms with Gasteiger partial charge < -0.3 is 0 Å². The maximum Gasteiger partial charge on any atom is 0.0197 e. The predicted octanol–water partition coefficient (Wildman–Crippen LogP) is 5.18. The normalized spacial score (nSPS) is 10.1. The molecule has 0 atom stereocenters. The molecule has 0 heterocycles. The summed E-state index contributed by atoms with van der Waals surface area (Å²) in [7, 11) is 0. The van der Waals surface area contributed by atoms with Gasteiger partial charge in [-0.15, -0.1) is 5.92 Å². The van der Waals surface area contributed by atoms with Crippen LogP contribution in [0, 0.1) is 17.8 Å². The summed E-state index contributed by atoms with van der Waals surface area (Å²) in [5.74, 6) is 7.34. The van der Waals surface area contributed by atoms with Gasteiger partial charge in [0.15, 0.2) is 0 Å². The Morgan fingerprint density at radius 3 is 2.00 bits per heavy atom. The second-order valence-corrected chi connectivity index (χ2v) is 4.35. The molecular weight excluding hydrogens is 180 g/mol. The van der Waals surface area contributed by atoms with Crippen molar-refractivity contribution in [1.82, 2.24) is 0 Å². The molecule has 0 nitrogen and oxygen atoms in total. The summed E-state index contributed by atoms with van der Waals surface area (Å²) in [5, 5.41) is 0. The van der Waals surface area contributed by atoms with Gasteiger partial charge in [-0.2, -0.15) is 0 Å². The Morgan fingerprint density at radius 2 is 1.40 bits per heavy atom. The minimum Gasteiger partial charge on any atom is -0.103 e. The summed E-state index contributed by atoms with van der Waals surface area (Å²) in [5.41, 5.74) is 0. The average Bonchev–Trinajstić information content (AvgIpc) is 2.27. The van der Waals surface area contributed by atoms with Crippen LogP contribution in [0.4, 0.5) is 0 Å². The number of unbranched alkanes of at least 4 members (excludes halogenated alkanes) is 6. The summed E-state index contributed by atoms with van der Waals surface area (Å²) < 4.78 is 0. The predicted molar refractivity (Wildman–Crippen MR) is 69.8 cm³/mol. The van der Waals surface area contributed by atoms with E-state index < -0.39 is 0 Å². The van der Waals surface area contributed by atoms with Crippen molar-refractivity contribution in [2.45, 2.75) is 78.6 Å². The number of hydrogen-bond donors (Lipinski definition) is 0. The van der Waals surface area contributed by atoms with Gasteiger partial charge in [-0.3, -0.25) is 0 Å². The molecule has 0 aliphatic carbocycles. The highest BCUT2D eigenvalue weighted by Gasteiger charge is 1.95. The lowest BCUT2D eigenvalue weighted by Gasteiger charge is -2.01. The Morgan fingerprint density at radius 1 is 0.800 bits per heavy atom. The highest BCUT2D eigenvalue weighted by molar-refractivity contribution is 5.02. The number of hydrogen-bond acceptors (Lipinski definition) is 0. The van der Waals surface area contributed by atoms with Crippen molar-refractivity contribution in [1.29, 1.82) is 0 Å². The van der Waals surface area contributed by atoms with Crippen molar-refractivity contribution in [2.24, 2.45) is 5.92 Å². The molecule has 0 N–H and O–H groups in total. The van der Waals surface area contributed by atoms with Gasteiger partial charge in [0.25, 0.3) is 0 Å². The van der Waals surface area contributed by atoms with E-state index in [1.54, 1.807) is 0 Å². The van der Waals surface area contributed by atoms with Crippen LogP contribution in [0.5, 0.6) is 0 Å². The van der Waals surface area contributed by atoms with Crippen LogP contribution in [0.25, 0.3) is 0 Å². The molecule has 0 aromatic rings. The molecule has 0 spiro atoms. The van der Waals surface area contributed by atoms with Gasteiger partial charge >= 0.3 is 0 Å². The third-order valence-corrected chi connectivity index (χ3v) is 2.95. The Kier molecular flexibility index (Phi) is 11.3. The topological polar surface area (TPSA) is 0 Å². The molecule has 0 aliphatic rings. The highest BCUT2D eigenvalue weighted by Crippen LogP contribution is 2.07. The molecule has 0 aromatic heterocycles. The molecule has 0 saturated carbocycles. The minimum atomic E-state index is 0.644. The molecule has 15 heavy (non-hydrogen) atoms. The lowest BCUT2D eigenvalue weighted by Crippen LogP contribution is -1.90. The van der Waals surface area contributed by atoms with E-state index in [9.17, 15) is 0 Å². The smallest absolute Gasteiger partial charge is 0.0197 e. The minimum absolute atomic E-state index is 0.644. The Bertz CT molecular complexity index is 166. The zero-order chi connectivity index (χ0) is 11.4. The van der Waals surface area contributed by atoms with E-state index in [0.717, 1.165) is 6.42 Å². The lowest BCUT2D eigenvalue weighted by molar-refractivity contribution is 0.610. The molecule has 0 unspecified atom stereocenters. The zero-order valence-corrected chi connectivity index (χ0v) is 10.9. The number of rotatable bonds is 8. The van der Waals surface area contributed by atoms with E-state index >= 15 is 0 Å². The fourth-order valence-corrected chi connectivity index (χ4v) is 1.70. The third kappa shape index (κ3) is 9.85. The molecular formula is C15H28. The molecule has 0 amide bonds. The van der Waals surface area contributed by atoms with E-state index in [2.05, 4.69) is 32.6 Å². The summed E-state index contributed by atoms with van der Waals surface area (Å²) in [6, 6.07) is 0. The van der Waals surface area contributed by atoms with E-state index in [1.165, 1.54) is 51.4 Å². The summed E-state index contributed by atoms with van der Waals surface area (Å²) in [6.07, 6.45) is 11.8. The molecule has 0 bridgehead atoms. The van der Waals surface area contributed by atoms with Crippen LogP contribution in [0.2, 0.25) is 0 Å². The van der Waals surface area contributed by atoms with Crippen LogP contribution >= 0.6 is 0 Å². The average molecular weight is 208 g/mol.